The number of hydrogen-bond acceptors (Lipinski definition) is 3. The Morgan fingerprint density at radius 1 is 1.41 bits per heavy atom. The molecule has 0 aromatic carbocycles. The van der Waals surface area contributed by atoms with Crippen LogP contribution in [0.5, 0.6) is 0 Å². The molecule has 0 N–H and O–H groups in total. The second kappa shape index (κ2) is 3.57. The molecule has 1 atom stereocenters. The molecule has 1 aliphatic rings. The molecule has 1 saturated heterocycles. The maximum Gasteiger partial charge on any atom is 0.151 e. The zero-order valence-electron chi connectivity index (χ0n) is 9.63. The third-order valence-corrected chi connectivity index (χ3v) is 5.13. The van der Waals surface area contributed by atoms with Gasteiger partial charge < -0.3 is 4.40 Å². The molecule has 90 valence electrons. The van der Waals surface area contributed by atoms with Crippen LogP contribution in [-0.4, -0.2) is 29.3 Å². The van der Waals surface area contributed by atoms with E-state index in [4.69, 9.17) is 0 Å². The molecule has 2 aromatic heterocycles. The maximum absolute atomic E-state index is 11.5. The zero-order valence-corrected chi connectivity index (χ0v) is 10.4. The van der Waals surface area contributed by atoms with Crippen LogP contribution >= 0.6 is 0 Å². The fraction of sp³-hybridized carbons (Fsp3) is 0.417. The fourth-order valence-corrected chi connectivity index (χ4v) is 4.15. The Balaban J connectivity index is 2.05. The lowest BCUT2D eigenvalue weighted by atomic mass is 10.1. The molecular weight excluding hydrogens is 236 g/mol. The molecule has 17 heavy (non-hydrogen) atoms. The Kier molecular flexibility index (Phi) is 2.26. The topological polar surface area (TPSA) is 51.4 Å². The van der Waals surface area contributed by atoms with E-state index >= 15 is 0 Å². The molecule has 1 unspecified atom stereocenters. The van der Waals surface area contributed by atoms with E-state index in [1.165, 1.54) is 0 Å². The molecule has 2 aromatic rings. The number of pyridine rings is 1. The van der Waals surface area contributed by atoms with E-state index in [1.54, 1.807) is 0 Å². The number of rotatable bonds is 1. The van der Waals surface area contributed by atoms with Crippen LogP contribution in [0.1, 0.15) is 23.7 Å². The van der Waals surface area contributed by atoms with Gasteiger partial charge in [0.05, 0.1) is 17.2 Å². The molecule has 0 spiro atoms. The highest BCUT2D eigenvalue weighted by molar-refractivity contribution is 7.91. The summed E-state index contributed by atoms with van der Waals surface area (Å²) in [6.45, 7) is 2.02. The van der Waals surface area contributed by atoms with Crippen molar-refractivity contribution in [2.75, 3.05) is 11.5 Å². The molecule has 0 radical (unpaired) electrons. The summed E-state index contributed by atoms with van der Waals surface area (Å²) in [5, 5.41) is 0. The molecule has 3 heterocycles. The summed E-state index contributed by atoms with van der Waals surface area (Å²) in [6, 6.07) is 5.93. The van der Waals surface area contributed by atoms with Crippen LogP contribution < -0.4 is 0 Å². The zero-order chi connectivity index (χ0) is 12.0. The van der Waals surface area contributed by atoms with Gasteiger partial charge in [-0.05, 0) is 25.5 Å². The Bertz CT molecular complexity index is 673. The average Bonchev–Trinajstić information content (AvgIpc) is 2.82. The first-order valence-corrected chi connectivity index (χ1v) is 7.52. The van der Waals surface area contributed by atoms with E-state index in [0.29, 0.717) is 12.2 Å². The van der Waals surface area contributed by atoms with E-state index in [-0.39, 0.29) is 11.7 Å². The summed E-state index contributed by atoms with van der Waals surface area (Å²) in [5.74, 6) is 0.611. The first-order valence-electron chi connectivity index (χ1n) is 5.70. The third kappa shape index (κ3) is 1.84. The monoisotopic (exact) mass is 250 g/mol. The van der Waals surface area contributed by atoms with E-state index in [0.717, 1.165) is 17.0 Å². The van der Waals surface area contributed by atoms with Crippen molar-refractivity contribution in [1.29, 1.82) is 0 Å². The lowest BCUT2D eigenvalue weighted by Crippen LogP contribution is -2.03. The first-order chi connectivity index (χ1) is 8.05. The third-order valence-electron chi connectivity index (χ3n) is 3.37. The Morgan fingerprint density at radius 3 is 2.88 bits per heavy atom. The molecule has 0 amide bonds. The molecular formula is C12H14N2O2S. The van der Waals surface area contributed by atoms with Crippen molar-refractivity contribution in [3.63, 3.8) is 0 Å². The van der Waals surface area contributed by atoms with Gasteiger partial charge in [0.1, 0.15) is 5.65 Å². The summed E-state index contributed by atoms with van der Waals surface area (Å²) in [5.41, 5.74) is 2.91. The summed E-state index contributed by atoms with van der Waals surface area (Å²) in [4.78, 5) is 4.52. The number of imidazole rings is 1. The summed E-state index contributed by atoms with van der Waals surface area (Å²) in [6.07, 6.45) is 2.67. The highest BCUT2D eigenvalue weighted by atomic mass is 32.2. The van der Waals surface area contributed by atoms with Crippen LogP contribution in [0.2, 0.25) is 0 Å². The average molecular weight is 250 g/mol. The Morgan fingerprint density at radius 2 is 2.24 bits per heavy atom. The molecule has 0 aliphatic carbocycles. The number of nitrogens with zero attached hydrogens (tertiary/aromatic N) is 2. The minimum atomic E-state index is -2.84. The van der Waals surface area contributed by atoms with Gasteiger partial charge in [-0.2, -0.15) is 0 Å². The summed E-state index contributed by atoms with van der Waals surface area (Å²) >= 11 is 0. The summed E-state index contributed by atoms with van der Waals surface area (Å²) < 4.78 is 24.9. The van der Waals surface area contributed by atoms with Crippen LogP contribution in [0, 0.1) is 6.92 Å². The van der Waals surface area contributed by atoms with Crippen LogP contribution in [0.4, 0.5) is 0 Å². The number of sulfone groups is 1. The minimum Gasteiger partial charge on any atom is -0.304 e. The van der Waals surface area contributed by atoms with Crippen molar-refractivity contribution in [3.05, 3.63) is 35.8 Å². The number of fused-ring (bicyclic) bond motifs is 1. The van der Waals surface area contributed by atoms with Crippen LogP contribution in [0.15, 0.2) is 24.4 Å². The van der Waals surface area contributed by atoms with Crippen molar-refractivity contribution in [2.45, 2.75) is 19.3 Å². The van der Waals surface area contributed by atoms with Gasteiger partial charge in [0, 0.05) is 17.8 Å². The molecule has 0 saturated carbocycles. The smallest absolute Gasteiger partial charge is 0.151 e. The van der Waals surface area contributed by atoms with Gasteiger partial charge in [-0.15, -0.1) is 0 Å². The van der Waals surface area contributed by atoms with Crippen molar-refractivity contribution in [1.82, 2.24) is 9.38 Å². The molecule has 5 heteroatoms. The molecule has 0 bridgehead atoms. The second-order valence-corrected chi connectivity index (χ2v) is 6.89. The lowest BCUT2D eigenvalue weighted by Gasteiger charge is -2.01. The van der Waals surface area contributed by atoms with Gasteiger partial charge in [0.2, 0.25) is 0 Å². The normalized spacial score (nSPS) is 23.2. The Labute approximate surface area is 100 Å². The van der Waals surface area contributed by atoms with Gasteiger partial charge in [-0.3, -0.25) is 0 Å². The number of aryl methyl sites for hydroxylation is 1. The highest BCUT2D eigenvalue weighted by Gasteiger charge is 2.30. The van der Waals surface area contributed by atoms with Gasteiger partial charge >= 0.3 is 0 Å². The molecule has 1 fully saturated rings. The van der Waals surface area contributed by atoms with Crippen molar-refractivity contribution in [2.24, 2.45) is 0 Å². The van der Waals surface area contributed by atoms with Crippen LogP contribution in [0.3, 0.4) is 0 Å². The summed E-state index contributed by atoms with van der Waals surface area (Å²) in [7, 11) is -2.84. The predicted molar refractivity (Wildman–Crippen MR) is 65.9 cm³/mol. The van der Waals surface area contributed by atoms with Crippen molar-refractivity contribution in [3.8, 4) is 0 Å². The quantitative estimate of drug-likeness (QED) is 0.771. The van der Waals surface area contributed by atoms with E-state index in [1.807, 2.05) is 35.7 Å². The molecule has 4 nitrogen and oxygen atoms in total. The second-order valence-electron chi connectivity index (χ2n) is 4.66. The van der Waals surface area contributed by atoms with Gasteiger partial charge in [0.15, 0.2) is 9.84 Å². The molecule has 1 aliphatic heterocycles. The lowest BCUT2D eigenvalue weighted by molar-refractivity contribution is 0.601. The van der Waals surface area contributed by atoms with Crippen LogP contribution in [-0.2, 0) is 9.84 Å². The van der Waals surface area contributed by atoms with Crippen LogP contribution in [0.25, 0.3) is 5.65 Å². The SMILES string of the molecule is Cc1cccc2nc(C3CCS(=O)(=O)C3)cn12. The standard InChI is InChI=1S/C12H14N2O2S/c1-9-3-2-4-12-13-11(7-14(9)12)10-5-6-17(15,16)8-10/h2-4,7,10H,5-6,8H2,1H3. The van der Waals surface area contributed by atoms with Crippen molar-refractivity contribution < 1.29 is 8.42 Å². The Hall–Kier alpha value is -1.36. The number of aromatic nitrogens is 2. The van der Waals surface area contributed by atoms with Gasteiger partial charge in [0.25, 0.3) is 0 Å². The predicted octanol–water partition coefficient (Wildman–Crippen LogP) is 1.54. The van der Waals surface area contributed by atoms with Gasteiger partial charge in [-0.1, -0.05) is 6.07 Å². The minimum absolute atomic E-state index is 0.0688. The van der Waals surface area contributed by atoms with E-state index in [9.17, 15) is 8.42 Å². The van der Waals surface area contributed by atoms with E-state index < -0.39 is 9.84 Å². The largest absolute Gasteiger partial charge is 0.304 e. The van der Waals surface area contributed by atoms with Gasteiger partial charge in [-0.25, -0.2) is 13.4 Å². The highest BCUT2D eigenvalue weighted by Crippen LogP contribution is 2.28. The molecule has 3 rings (SSSR count). The first kappa shape index (κ1) is 10.8. The van der Waals surface area contributed by atoms with Crippen molar-refractivity contribution >= 4 is 15.5 Å². The maximum atomic E-state index is 11.5. The number of hydrogen-bond donors (Lipinski definition) is 0. The van der Waals surface area contributed by atoms with E-state index in [2.05, 4.69) is 4.98 Å². The fourth-order valence-electron chi connectivity index (χ4n) is 2.39.